The Balaban J connectivity index is 3.08. The Kier molecular flexibility index (Phi) is 3.44. The van der Waals surface area contributed by atoms with Crippen LogP contribution < -0.4 is 5.73 Å². The highest BCUT2D eigenvalue weighted by atomic mass is 32.2. The van der Waals surface area contributed by atoms with Crippen molar-refractivity contribution in [2.45, 2.75) is 10.8 Å². The third-order valence-corrected chi connectivity index (χ3v) is 2.60. The topological polar surface area (TPSA) is 26.0 Å². The molecule has 0 aliphatic heterocycles. The first kappa shape index (κ1) is 11.4. The number of rotatable bonds is 3. The first-order valence-electron chi connectivity index (χ1n) is 3.93. The lowest BCUT2D eigenvalue weighted by molar-refractivity contribution is 0.00557. The minimum atomic E-state index is -3.15. The van der Waals surface area contributed by atoms with Crippen LogP contribution in [0.2, 0.25) is 0 Å². The van der Waals surface area contributed by atoms with E-state index in [1.165, 1.54) is 23.9 Å². The third kappa shape index (κ3) is 2.22. The molecule has 0 radical (unpaired) electrons. The summed E-state index contributed by atoms with van der Waals surface area (Å²) in [5, 5.41) is 0. The van der Waals surface area contributed by atoms with E-state index in [0.29, 0.717) is 4.90 Å². The van der Waals surface area contributed by atoms with Crippen LogP contribution in [-0.4, -0.2) is 12.8 Å². The normalized spacial score (nSPS) is 11.8. The average molecular weight is 221 g/mol. The Morgan fingerprint density at radius 3 is 2.50 bits per heavy atom. The molecule has 0 aliphatic carbocycles. The van der Waals surface area contributed by atoms with Crippen molar-refractivity contribution in [2.75, 3.05) is 12.8 Å². The number of halogens is 3. The lowest BCUT2D eigenvalue weighted by Crippen LogP contribution is -2.25. The van der Waals surface area contributed by atoms with Crippen LogP contribution in [-0.2, 0) is 5.92 Å². The summed E-state index contributed by atoms with van der Waals surface area (Å²) in [6.45, 7) is -0.814. The average Bonchev–Trinajstić information content (AvgIpc) is 2.17. The summed E-state index contributed by atoms with van der Waals surface area (Å²) in [5.74, 6) is -3.79. The standard InChI is InChI=1S/C9H10F3NS/c1-14-8-3-2-6(4-7(8)10)9(11,12)5-13/h2-4H,5,13H2,1H3. The van der Waals surface area contributed by atoms with E-state index in [9.17, 15) is 13.2 Å². The molecular weight excluding hydrogens is 211 g/mol. The van der Waals surface area contributed by atoms with Crippen molar-refractivity contribution in [1.29, 1.82) is 0 Å². The molecule has 0 saturated heterocycles. The highest BCUT2D eigenvalue weighted by Gasteiger charge is 2.30. The fraction of sp³-hybridized carbons (Fsp3) is 0.333. The minimum absolute atomic E-state index is 0.349. The molecule has 14 heavy (non-hydrogen) atoms. The largest absolute Gasteiger partial charge is 0.325 e. The molecule has 0 bridgehead atoms. The predicted molar refractivity (Wildman–Crippen MR) is 51.1 cm³/mol. The Morgan fingerprint density at radius 1 is 1.43 bits per heavy atom. The van der Waals surface area contributed by atoms with Gasteiger partial charge in [0.1, 0.15) is 5.82 Å². The Labute approximate surface area is 84.5 Å². The van der Waals surface area contributed by atoms with Gasteiger partial charge in [-0.05, 0) is 18.4 Å². The summed E-state index contributed by atoms with van der Waals surface area (Å²) in [6, 6.07) is 3.36. The van der Waals surface area contributed by atoms with Crippen LogP contribution in [0.4, 0.5) is 13.2 Å². The van der Waals surface area contributed by atoms with Crippen molar-refractivity contribution in [3.63, 3.8) is 0 Å². The molecular formula is C9H10F3NS. The molecule has 0 atom stereocenters. The second kappa shape index (κ2) is 4.23. The highest BCUT2D eigenvalue weighted by molar-refractivity contribution is 7.98. The second-order valence-electron chi connectivity index (χ2n) is 2.76. The zero-order valence-corrected chi connectivity index (χ0v) is 8.38. The van der Waals surface area contributed by atoms with E-state index in [4.69, 9.17) is 5.73 Å². The number of hydrogen-bond acceptors (Lipinski definition) is 2. The van der Waals surface area contributed by atoms with Crippen molar-refractivity contribution in [3.8, 4) is 0 Å². The molecule has 1 rings (SSSR count). The molecule has 0 amide bonds. The molecule has 0 aromatic heterocycles. The number of nitrogens with two attached hydrogens (primary N) is 1. The van der Waals surface area contributed by atoms with Crippen LogP contribution in [0.5, 0.6) is 0 Å². The maximum atomic E-state index is 13.1. The Morgan fingerprint density at radius 2 is 2.07 bits per heavy atom. The summed E-state index contributed by atoms with van der Waals surface area (Å²) >= 11 is 1.17. The van der Waals surface area contributed by atoms with E-state index >= 15 is 0 Å². The summed E-state index contributed by atoms with van der Waals surface area (Å²) in [4.78, 5) is 0.349. The fourth-order valence-corrected chi connectivity index (χ4v) is 1.47. The summed E-state index contributed by atoms with van der Waals surface area (Å²) < 4.78 is 39.1. The quantitative estimate of drug-likeness (QED) is 0.794. The monoisotopic (exact) mass is 221 g/mol. The number of benzene rings is 1. The molecule has 0 saturated carbocycles. The smallest absolute Gasteiger partial charge is 0.285 e. The van der Waals surface area contributed by atoms with Gasteiger partial charge >= 0.3 is 0 Å². The van der Waals surface area contributed by atoms with Gasteiger partial charge in [0.25, 0.3) is 5.92 Å². The van der Waals surface area contributed by atoms with Crippen molar-refractivity contribution < 1.29 is 13.2 Å². The molecule has 5 heteroatoms. The molecule has 0 unspecified atom stereocenters. The fourth-order valence-electron chi connectivity index (χ4n) is 1.01. The van der Waals surface area contributed by atoms with Gasteiger partial charge in [-0.1, -0.05) is 6.07 Å². The van der Waals surface area contributed by atoms with E-state index in [1.807, 2.05) is 0 Å². The molecule has 1 nitrogen and oxygen atoms in total. The van der Waals surface area contributed by atoms with Gasteiger partial charge in [0.2, 0.25) is 0 Å². The summed E-state index contributed by atoms with van der Waals surface area (Å²) in [6.07, 6.45) is 1.68. The number of alkyl halides is 2. The lowest BCUT2D eigenvalue weighted by Gasteiger charge is -2.14. The molecule has 2 N–H and O–H groups in total. The van der Waals surface area contributed by atoms with Gasteiger partial charge in [-0.15, -0.1) is 11.8 Å². The minimum Gasteiger partial charge on any atom is -0.325 e. The van der Waals surface area contributed by atoms with Crippen molar-refractivity contribution in [3.05, 3.63) is 29.6 Å². The molecule has 0 fully saturated rings. The second-order valence-corrected chi connectivity index (χ2v) is 3.61. The van der Waals surface area contributed by atoms with Crippen LogP contribution in [0.1, 0.15) is 5.56 Å². The zero-order valence-electron chi connectivity index (χ0n) is 7.56. The van der Waals surface area contributed by atoms with E-state index < -0.39 is 18.3 Å². The van der Waals surface area contributed by atoms with E-state index in [2.05, 4.69) is 0 Å². The maximum Gasteiger partial charge on any atom is 0.285 e. The van der Waals surface area contributed by atoms with Crippen LogP contribution in [0.15, 0.2) is 23.1 Å². The van der Waals surface area contributed by atoms with Gasteiger partial charge in [0.05, 0.1) is 6.54 Å². The highest BCUT2D eigenvalue weighted by Crippen LogP contribution is 2.29. The molecule has 1 aromatic carbocycles. The van der Waals surface area contributed by atoms with Crippen LogP contribution >= 0.6 is 11.8 Å². The molecule has 78 valence electrons. The van der Waals surface area contributed by atoms with Gasteiger partial charge in [0, 0.05) is 10.5 Å². The van der Waals surface area contributed by atoms with Crippen molar-refractivity contribution in [1.82, 2.24) is 0 Å². The van der Waals surface area contributed by atoms with Crippen molar-refractivity contribution >= 4 is 11.8 Å². The van der Waals surface area contributed by atoms with Gasteiger partial charge in [-0.3, -0.25) is 0 Å². The SMILES string of the molecule is CSc1ccc(C(F)(F)CN)cc1F. The maximum absolute atomic E-state index is 13.1. The van der Waals surface area contributed by atoms with Crippen molar-refractivity contribution in [2.24, 2.45) is 5.73 Å². The number of hydrogen-bond donors (Lipinski definition) is 1. The predicted octanol–water partition coefficient (Wildman–Crippen LogP) is 2.60. The van der Waals surface area contributed by atoms with Crippen LogP contribution in [0.25, 0.3) is 0 Å². The lowest BCUT2D eigenvalue weighted by atomic mass is 10.1. The van der Waals surface area contributed by atoms with Crippen LogP contribution in [0.3, 0.4) is 0 Å². The van der Waals surface area contributed by atoms with Gasteiger partial charge < -0.3 is 5.73 Å². The molecule has 0 spiro atoms. The summed E-state index contributed by atoms with van der Waals surface area (Å²) in [7, 11) is 0. The molecule has 0 aliphatic rings. The summed E-state index contributed by atoms with van der Waals surface area (Å²) in [5.41, 5.74) is 4.50. The first-order valence-corrected chi connectivity index (χ1v) is 5.15. The number of thioether (sulfide) groups is 1. The molecule has 1 aromatic rings. The zero-order chi connectivity index (χ0) is 10.8. The van der Waals surface area contributed by atoms with Gasteiger partial charge in [0.15, 0.2) is 0 Å². The van der Waals surface area contributed by atoms with E-state index in [1.54, 1.807) is 6.26 Å². The third-order valence-electron chi connectivity index (χ3n) is 1.83. The van der Waals surface area contributed by atoms with Crippen LogP contribution in [0, 0.1) is 5.82 Å². The van der Waals surface area contributed by atoms with Gasteiger partial charge in [-0.25, -0.2) is 4.39 Å². The Hall–Kier alpha value is -0.680. The van der Waals surface area contributed by atoms with E-state index in [-0.39, 0.29) is 5.56 Å². The molecule has 0 heterocycles. The Bertz CT molecular complexity index is 328. The van der Waals surface area contributed by atoms with Gasteiger partial charge in [-0.2, -0.15) is 8.78 Å². The van der Waals surface area contributed by atoms with E-state index in [0.717, 1.165) is 6.07 Å². The first-order chi connectivity index (χ1) is 6.51.